The number of amides is 1. The van der Waals surface area contributed by atoms with E-state index in [4.69, 9.17) is 0 Å². The first-order valence-electron chi connectivity index (χ1n) is 4.89. The van der Waals surface area contributed by atoms with E-state index in [0.717, 1.165) is 25.2 Å². The molecular formula is C10H17N3O. The number of hydrogen-bond acceptors (Lipinski definition) is 3. The maximum Gasteiger partial charge on any atom is 0.242 e. The summed E-state index contributed by atoms with van der Waals surface area (Å²) in [7, 11) is 1.66. The average Bonchev–Trinajstić information content (AvgIpc) is 2.15. The van der Waals surface area contributed by atoms with Crippen LogP contribution in [0, 0.1) is 0 Å². The molecule has 1 fully saturated rings. The predicted octanol–water partition coefficient (Wildman–Crippen LogP) is 0.759. The van der Waals surface area contributed by atoms with E-state index in [-0.39, 0.29) is 11.9 Å². The summed E-state index contributed by atoms with van der Waals surface area (Å²) in [6, 6.07) is -0.0525. The minimum atomic E-state index is -0.0525. The summed E-state index contributed by atoms with van der Waals surface area (Å²) in [5.74, 6) is 0.884. The fraction of sp³-hybridized carbons (Fsp3) is 0.600. The standard InChI is InChI=1S/C10H17N3O/c1-4-5-9(11-2)13-7-6-8(13)10(14)12-3/h5,8H,2,4,6-7H2,1,3H3,(H,12,14)/b9-5+/t8-/m0/s1. The van der Waals surface area contributed by atoms with Gasteiger partial charge >= 0.3 is 0 Å². The minimum Gasteiger partial charge on any atom is -0.357 e. The van der Waals surface area contributed by atoms with Crippen molar-refractivity contribution in [1.29, 1.82) is 0 Å². The number of likely N-dealkylation sites (tertiary alicyclic amines) is 1. The molecule has 1 heterocycles. The highest BCUT2D eigenvalue weighted by Crippen LogP contribution is 2.23. The Hall–Kier alpha value is -1.32. The van der Waals surface area contributed by atoms with Crippen LogP contribution < -0.4 is 5.32 Å². The number of hydrogen-bond donors (Lipinski definition) is 1. The van der Waals surface area contributed by atoms with Gasteiger partial charge in [0.25, 0.3) is 0 Å². The molecule has 0 spiro atoms. The van der Waals surface area contributed by atoms with Gasteiger partial charge in [0.15, 0.2) is 0 Å². The van der Waals surface area contributed by atoms with Crippen molar-refractivity contribution in [2.24, 2.45) is 4.99 Å². The van der Waals surface area contributed by atoms with Crippen LogP contribution in [0.25, 0.3) is 0 Å². The van der Waals surface area contributed by atoms with Crippen LogP contribution in [0.4, 0.5) is 0 Å². The molecule has 0 radical (unpaired) electrons. The Morgan fingerprint density at radius 3 is 2.86 bits per heavy atom. The van der Waals surface area contributed by atoms with Crippen molar-refractivity contribution in [1.82, 2.24) is 10.2 Å². The van der Waals surface area contributed by atoms with Crippen LogP contribution in [0.5, 0.6) is 0 Å². The second-order valence-corrected chi connectivity index (χ2v) is 3.24. The molecule has 1 aliphatic heterocycles. The highest BCUT2D eigenvalue weighted by molar-refractivity contribution is 5.82. The Morgan fingerprint density at radius 2 is 2.50 bits per heavy atom. The molecule has 0 aromatic rings. The summed E-state index contributed by atoms with van der Waals surface area (Å²) >= 11 is 0. The highest BCUT2D eigenvalue weighted by atomic mass is 16.2. The van der Waals surface area contributed by atoms with Crippen LogP contribution in [0.15, 0.2) is 16.9 Å². The van der Waals surface area contributed by atoms with E-state index in [1.54, 1.807) is 7.05 Å². The normalized spacial score (nSPS) is 21.4. The third kappa shape index (κ3) is 1.95. The molecule has 1 N–H and O–H groups in total. The van der Waals surface area contributed by atoms with Crippen LogP contribution in [0.3, 0.4) is 0 Å². The number of aliphatic imine (C=N–C) groups is 1. The van der Waals surface area contributed by atoms with Gasteiger partial charge in [0.2, 0.25) is 5.91 Å². The van der Waals surface area contributed by atoms with Gasteiger partial charge in [-0.2, -0.15) is 0 Å². The van der Waals surface area contributed by atoms with Crippen molar-refractivity contribution < 1.29 is 4.79 Å². The number of carbonyl (C=O) groups is 1. The van der Waals surface area contributed by atoms with Gasteiger partial charge in [0.05, 0.1) is 0 Å². The SMILES string of the molecule is C=N/C(=C\CC)N1CC[C@H]1C(=O)NC. The first-order valence-corrected chi connectivity index (χ1v) is 4.89. The Kier molecular flexibility index (Phi) is 3.68. The van der Waals surface area contributed by atoms with E-state index in [2.05, 4.69) is 17.0 Å². The molecule has 1 aliphatic rings. The molecule has 0 aromatic carbocycles. The Balaban J connectivity index is 2.65. The monoisotopic (exact) mass is 195 g/mol. The van der Waals surface area contributed by atoms with Crippen LogP contribution >= 0.6 is 0 Å². The first-order chi connectivity index (χ1) is 6.74. The zero-order valence-corrected chi connectivity index (χ0v) is 8.79. The van der Waals surface area contributed by atoms with Crippen molar-refractivity contribution in [3.8, 4) is 0 Å². The maximum atomic E-state index is 11.4. The summed E-state index contributed by atoms with van der Waals surface area (Å²) in [5, 5.41) is 2.65. The quantitative estimate of drug-likeness (QED) is 0.673. The predicted molar refractivity (Wildman–Crippen MR) is 57.1 cm³/mol. The van der Waals surface area contributed by atoms with E-state index in [1.807, 2.05) is 17.9 Å². The van der Waals surface area contributed by atoms with Gasteiger partial charge in [-0.3, -0.25) is 4.79 Å². The van der Waals surface area contributed by atoms with Gasteiger partial charge in [-0.05, 0) is 25.6 Å². The van der Waals surface area contributed by atoms with Gasteiger partial charge in [-0.25, -0.2) is 4.99 Å². The van der Waals surface area contributed by atoms with Crippen molar-refractivity contribution in [3.63, 3.8) is 0 Å². The Bertz CT molecular complexity index is 260. The molecular weight excluding hydrogens is 178 g/mol. The van der Waals surface area contributed by atoms with E-state index < -0.39 is 0 Å². The molecule has 0 aromatic heterocycles. The number of carbonyl (C=O) groups excluding carboxylic acids is 1. The molecule has 0 bridgehead atoms. The molecule has 14 heavy (non-hydrogen) atoms. The lowest BCUT2D eigenvalue weighted by atomic mass is 10.0. The van der Waals surface area contributed by atoms with Gasteiger partial charge in [0.1, 0.15) is 11.9 Å². The van der Waals surface area contributed by atoms with Crippen LogP contribution in [-0.2, 0) is 4.79 Å². The van der Waals surface area contributed by atoms with E-state index in [9.17, 15) is 4.79 Å². The fourth-order valence-electron chi connectivity index (χ4n) is 1.56. The number of likely N-dealkylation sites (N-methyl/N-ethyl adjacent to an activating group) is 1. The van der Waals surface area contributed by atoms with Crippen LogP contribution in [0.2, 0.25) is 0 Å². The number of allylic oxidation sites excluding steroid dienone is 1. The van der Waals surface area contributed by atoms with Gasteiger partial charge in [-0.15, -0.1) is 0 Å². The van der Waals surface area contributed by atoms with Crippen LogP contribution in [-0.4, -0.2) is 37.2 Å². The third-order valence-electron chi connectivity index (χ3n) is 2.41. The zero-order valence-electron chi connectivity index (χ0n) is 8.79. The largest absolute Gasteiger partial charge is 0.357 e. The lowest BCUT2D eigenvalue weighted by Crippen LogP contribution is -2.54. The molecule has 1 rings (SSSR count). The molecule has 4 nitrogen and oxygen atoms in total. The summed E-state index contributed by atoms with van der Waals surface area (Å²) in [5.41, 5.74) is 0. The van der Waals surface area contributed by atoms with Crippen molar-refractivity contribution in [2.45, 2.75) is 25.8 Å². The molecule has 1 saturated heterocycles. The highest BCUT2D eigenvalue weighted by Gasteiger charge is 2.34. The molecule has 1 amide bonds. The molecule has 0 aliphatic carbocycles. The first kappa shape index (κ1) is 10.8. The number of nitrogens with zero attached hydrogens (tertiary/aromatic N) is 2. The molecule has 1 atom stereocenters. The fourth-order valence-corrected chi connectivity index (χ4v) is 1.56. The summed E-state index contributed by atoms with van der Waals surface area (Å²) < 4.78 is 0. The van der Waals surface area contributed by atoms with Crippen LogP contribution in [0.1, 0.15) is 19.8 Å². The van der Waals surface area contributed by atoms with E-state index in [1.165, 1.54) is 0 Å². The van der Waals surface area contributed by atoms with Crippen molar-refractivity contribution in [3.05, 3.63) is 11.9 Å². The second kappa shape index (κ2) is 4.79. The summed E-state index contributed by atoms with van der Waals surface area (Å²) in [4.78, 5) is 17.3. The number of nitrogens with one attached hydrogen (secondary N) is 1. The topological polar surface area (TPSA) is 44.7 Å². The molecule has 0 saturated carbocycles. The lowest BCUT2D eigenvalue weighted by molar-refractivity contribution is -0.128. The van der Waals surface area contributed by atoms with Gasteiger partial charge in [-0.1, -0.05) is 6.92 Å². The van der Waals surface area contributed by atoms with Crippen molar-refractivity contribution in [2.75, 3.05) is 13.6 Å². The summed E-state index contributed by atoms with van der Waals surface area (Å²) in [6.45, 7) is 6.44. The zero-order chi connectivity index (χ0) is 10.6. The minimum absolute atomic E-state index is 0.0525. The maximum absolute atomic E-state index is 11.4. The van der Waals surface area contributed by atoms with E-state index in [0.29, 0.717) is 0 Å². The Morgan fingerprint density at radius 1 is 1.79 bits per heavy atom. The molecule has 4 heteroatoms. The smallest absolute Gasteiger partial charge is 0.242 e. The van der Waals surface area contributed by atoms with Gasteiger partial charge < -0.3 is 10.2 Å². The Labute approximate surface area is 84.7 Å². The summed E-state index contributed by atoms with van der Waals surface area (Å²) in [6.07, 6.45) is 3.80. The third-order valence-corrected chi connectivity index (χ3v) is 2.41. The average molecular weight is 195 g/mol. The number of rotatable bonds is 4. The molecule has 78 valence electrons. The van der Waals surface area contributed by atoms with Gasteiger partial charge in [0, 0.05) is 13.6 Å². The molecule has 0 unspecified atom stereocenters. The second-order valence-electron chi connectivity index (χ2n) is 3.24. The van der Waals surface area contributed by atoms with E-state index >= 15 is 0 Å². The van der Waals surface area contributed by atoms with Crippen molar-refractivity contribution >= 4 is 12.6 Å². The lowest BCUT2D eigenvalue weighted by Gasteiger charge is -2.41.